The lowest BCUT2D eigenvalue weighted by atomic mass is 10.1. The number of benzene rings is 3. The van der Waals surface area contributed by atoms with Crippen molar-refractivity contribution in [1.29, 1.82) is 0 Å². The fourth-order valence-corrected chi connectivity index (χ4v) is 5.82. The Kier molecular flexibility index (Phi) is 10.4. The molecule has 2 amide bonds. The summed E-state index contributed by atoms with van der Waals surface area (Å²) in [5, 5.41) is 3.98. The van der Waals surface area contributed by atoms with E-state index in [-0.39, 0.29) is 23.1 Å². The largest absolute Gasteiger partial charge is 0.493 e. The number of nitrogens with one attached hydrogen (secondary N) is 1. The van der Waals surface area contributed by atoms with Gasteiger partial charge in [0.15, 0.2) is 18.1 Å². The molecule has 0 aromatic heterocycles. The molecule has 11 nitrogen and oxygen atoms in total. The molecule has 0 saturated carbocycles. The number of carbonyl (C=O) groups is 2. The van der Waals surface area contributed by atoms with E-state index in [0.717, 1.165) is 36.7 Å². The van der Waals surface area contributed by atoms with Gasteiger partial charge in [-0.3, -0.25) is 13.9 Å². The van der Waals surface area contributed by atoms with E-state index in [1.165, 1.54) is 44.7 Å². The summed E-state index contributed by atoms with van der Waals surface area (Å²) in [6, 6.07) is 19.3. The molecule has 1 heterocycles. The number of piperidine rings is 1. The number of ether oxygens (including phenoxy) is 3. The SMILES string of the molecule is COc1ccc(N(CC(=O)N/N=C\c2ccc(OCC(=O)N3CCCCC3)cc2)S(=O)(=O)c2ccccc2)cc1OC. The van der Waals surface area contributed by atoms with Gasteiger partial charge in [-0.2, -0.15) is 5.10 Å². The molecule has 4 rings (SSSR count). The summed E-state index contributed by atoms with van der Waals surface area (Å²) >= 11 is 0. The van der Waals surface area contributed by atoms with Gasteiger partial charge in [-0.25, -0.2) is 13.8 Å². The number of methoxy groups -OCH3 is 2. The summed E-state index contributed by atoms with van der Waals surface area (Å²) < 4.78 is 44.3. The minimum Gasteiger partial charge on any atom is -0.493 e. The molecular formula is C30H34N4O7S. The lowest BCUT2D eigenvalue weighted by Crippen LogP contribution is -2.39. The average Bonchev–Trinajstić information content (AvgIpc) is 3.03. The number of sulfonamides is 1. The van der Waals surface area contributed by atoms with Crippen LogP contribution in [0.2, 0.25) is 0 Å². The van der Waals surface area contributed by atoms with Crippen LogP contribution in [0.15, 0.2) is 82.8 Å². The van der Waals surface area contributed by atoms with Gasteiger partial charge in [-0.1, -0.05) is 18.2 Å². The fraction of sp³-hybridized carbons (Fsp3) is 0.300. The molecule has 0 bridgehead atoms. The maximum atomic E-state index is 13.5. The number of hydrogen-bond acceptors (Lipinski definition) is 8. The second kappa shape index (κ2) is 14.4. The minimum atomic E-state index is -4.11. The van der Waals surface area contributed by atoms with Gasteiger partial charge in [0.2, 0.25) is 0 Å². The molecule has 0 atom stereocenters. The summed E-state index contributed by atoms with van der Waals surface area (Å²) in [6.45, 7) is 0.981. The Morgan fingerprint density at radius 2 is 1.62 bits per heavy atom. The van der Waals surface area contributed by atoms with Crippen molar-refractivity contribution in [2.75, 3.05) is 44.8 Å². The van der Waals surface area contributed by atoms with Gasteiger partial charge in [0.25, 0.3) is 21.8 Å². The number of hydrazone groups is 1. The molecule has 1 aliphatic rings. The van der Waals surface area contributed by atoms with Crippen LogP contribution in [0.1, 0.15) is 24.8 Å². The zero-order chi connectivity index (χ0) is 30.0. The van der Waals surface area contributed by atoms with Crippen molar-refractivity contribution in [2.45, 2.75) is 24.2 Å². The molecule has 0 spiro atoms. The second-order valence-corrected chi connectivity index (χ2v) is 11.3. The molecule has 3 aromatic carbocycles. The quantitative estimate of drug-likeness (QED) is 0.251. The van der Waals surface area contributed by atoms with Gasteiger partial charge < -0.3 is 19.1 Å². The van der Waals surface area contributed by atoms with Crippen molar-refractivity contribution in [3.63, 3.8) is 0 Å². The molecule has 222 valence electrons. The van der Waals surface area contributed by atoms with E-state index in [1.54, 1.807) is 48.5 Å². The van der Waals surface area contributed by atoms with E-state index in [9.17, 15) is 18.0 Å². The van der Waals surface area contributed by atoms with Gasteiger partial charge in [-0.15, -0.1) is 0 Å². The monoisotopic (exact) mass is 594 g/mol. The highest BCUT2D eigenvalue weighted by molar-refractivity contribution is 7.92. The van der Waals surface area contributed by atoms with E-state index < -0.39 is 22.5 Å². The molecule has 1 fully saturated rings. The molecular weight excluding hydrogens is 560 g/mol. The molecule has 1 N–H and O–H groups in total. The number of rotatable bonds is 12. The van der Waals surface area contributed by atoms with Crippen molar-refractivity contribution in [2.24, 2.45) is 5.10 Å². The first-order valence-corrected chi connectivity index (χ1v) is 14.9. The average molecular weight is 595 g/mol. The van der Waals surface area contributed by atoms with Crippen LogP contribution in [0.4, 0.5) is 5.69 Å². The van der Waals surface area contributed by atoms with Crippen molar-refractivity contribution in [3.05, 3.63) is 78.4 Å². The standard InChI is InChI=1S/C30H34N4O7S/c1-39-27-16-13-24(19-28(27)40-2)34(42(37,38)26-9-5-3-6-10-26)21-29(35)32-31-20-23-11-14-25(15-12-23)41-22-30(36)33-17-7-4-8-18-33/h3,5-6,9-16,19-20H,4,7-8,17-18,21-22H2,1-2H3,(H,32,35)/b31-20-. The van der Waals surface area contributed by atoms with Crippen LogP contribution >= 0.6 is 0 Å². The van der Waals surface area contributed by atoms with Crippen LogP contribution < -0.4 is 23.9 Å². The summed E-state index contributed by atoms with van der Waals surface area (Å²) in [4.78, 5) is 27.0. The first-order valence-electron chi connectivity index (χ1n) is 13.4. The lowest BCUT2D eigenvalue weighted by Gasteiger charge is -2.26. The molecule has 1 aliphatic heterocycles. The highest BCUT2D eigenvalue weighted by Crippen LogP contribution is 2.33. The van der Waals surface area contributed by atoms with Gasteiger partial charge in [0, 0.05) is 19.2 Å². The highest BCUT2D eigenvalue weighted by Gasteiger charge is 2.28. The second-order valence-electron chi connectivity index (χ2n) is 9.46. The van der Waals surface area contributed by atoms with Crippen LogP contribution in [0.5, 0.6) is 17.2 Å². The number of likely N-dealkylation sites (tertiary alicyclic amines) is 1. The van der Waals surface area contributed by atoms with Crippen LogP contribution in [0.3, 0.4) is 0 Å². The highest BCUT2D eigenvalue weighted by atomic mass is 32.2. The van der Waals surface area contributed by atoms with E-state index in [0.29, 0.717) is 22.8 Å². The molecule has 0 radical (unpaired) electrons. The number of anilines is 1. The van der Waals surface area contributed by atoms with E-state index in [1.807, 2.05) is 4.90 Å². The lowest BCUT2D eigenvalue weighted by molar-refractivity contribution is -0.134. The van der Waals surface area contributed by atoms with Crippen molar-refractivity contribution < 1.29 is 32.2 Å². The number of amides is 2. The Bertz CT molecular complexity index is 1490. The summed E-state index contributed by atoms with van der Waals surface area (Å²) in [5.41, 5.74) is 3.26. The maximum absolute atomic E-state index is 13.5. The first-order chi connectivity index (χ1) is 20.3. The number of nitrogens with zero attached hydrogens (tertiary/aromatic N) is 3. The predicted molar refractivity (Wildman–Crippen MR) is 159 cm³/mol. The molecule has 0 unspecified atom stereocenters. The first kappa shape index (κ1) is 30.4. The van der Waals surface area contributed by atoms with Crippen LogP contribution in [-0.4, -0.2) is 71.8 Å². The summed E-state index contributed by atoms with van der Waals surface area (Å²) in [6.07, 6.45) is 4.62. The third kappa shape index (κ3) is 7.78. The summed E-state index contributed by atoms with van der Waals surface area (Å²) in [5.74, 6) is 0.580. The van der Waals surface area contributed by atoms with Gasteiger partial charge in [-0.05, 0) is 73.4 Å². The normalized spacial score (nSPS) is 13.4. The Balaban J connectivity index is 1.40. The Labute approximate surface area is 245 Å². The third-order valence-electron chi connectivity index (χ3n) is 6.63. The summed E-state index contributed by atoms with van der Waals surface area (Å²) in [7, 11) is -1.20. The van der Waals surface area contributed by atoms with E-state index in [4.69, 9.17) is 14.2 Å². The van der Waals surface area contributed by atoms with Crippen LogP contribution in [0.25, 0.3) is 0 Å². The van der Waals surface area contributed by atoms with Crippen molar-refractivity contribution in [3.8, 4) is 17.2 Å². The minimum absolute atomic E-state index is 0.0219. The van der Waals surface area contributed by atoms with Gasteiger partial charge in [0.05, 0.1) is 31.0 Å². The molecule has 0 aliphatic carbocycles. The number of carbonyl (C=O) groups excluding carboxylic acids is 2. The molecule has 3 aromatic rings. The maximum Gasteiger partial charge on any atom is 0.264 e. The van der Waals surface area contributed by atoms with Crippen LogP contribution in [-0.2, 0) is 19.6 Å². The van der Waals surface area contributed by atoms with Gasteiger partial charge >= 0.3 is 0 Å². The Morgan fingerprint density at radius 3 is 2.29 bits per heavy atom. The molecule has 1 saturated heterocycles. The smallest absolute Gasteiger partial charge is 0.264 e. The molecule has 12 heteroatoms. The Morgan fingerprint density at radius 1 is 0.929 bits per heavy atom. The molecule has 42 heavy (non-hydrogen) atoms. The van der Waals surface area contributed by atoms with E-state index >= 15 is 0 Å². The van der Waals surface area contributed by atoms with Crippen LogP contribution in [0, 0.1) is 0 Å². The third-order valence-corrected chi connectivity index (χ3v) is 8.42. The zero-order valence-corrected chi connectivity index (χ0v) is 24.4. The predicted octanol–water partition coefficient (Wildman–Crippen LogP) is 3.44. The topological polar surface area (TPSA) is 127 Å². The van der Waals surface area contributed by atoms with Crippen molar-refractivity contribution in [1.82, 2.24) is 10.3 Å². The van der Waals surface area contributed by atoms with Gasteiger partial charge in [0.1, 0.15) is 12.3 Å². The van der Waals surface area contributed by atoms with E-state index in [2.05, 4.69) is 10.5 Å². The van der Waals surface area contributed by atoms with Crippen molar-refractivity contribution >= 4 is 33.7 Å². The zero-order valence-electron chi connectivity index (χ0n) is 23.6. The number of hydrogen-bond donors (Lipinski definition) is 1. The fourth-order valence-electron chi connectivity index (χ4n) is 4.39. The Hall–Kier alpha value is -4.58.